The quantitative estimate of drug-likeness (QED) is 0.283. The van der Waals surface area contributed by atoms with Gasteiger partial charge in [0, 0.05) is 24.2 Å². The number of fused-ring (bicyclic) bond motifs is 3. The van der Waals surface area contributed by atoms with E-state index in [4.69, 9.17) is 0 Å². The normalized spacial score (nSPS) is 20.8. The Morgan fingerprint density at radius 1 is 1.03 bits per heavy atom. The zero-order valence-electron chi connectivity index (χ0n) is 18.7. The number of hydrogen-bond donors (Lipinski definition) is 1. The van der Waals surface area contributed by atoms with Gasteiger partial charge in [-0.1, -0.05) is 48.6 Å². The molecule has 0 saturated heterocycles. The number of benzene rings is 3. The molecule has 0 saturated carbocycles. The fourth-order valence-electron chi connectivity index (χ4n) is 5.17. The van der Waals surface area contributed by atoms with E-state index in [9.17, 15) is 18.5 Å². The van der Waals surface area contributed by atoms with Crippen LogP contribution >= 0.6 is 0 Å². The molecule has 2 aliphatic rings. The molecular formula is C26H25N3O4S. The average Bonchev–Trinajstić information content (AvgIpc) is 3.34. The average molecular weight is 476 g/mol. The van der Waals surface area contributed by atoms with E-state index in [2.05, 4.69) is 17.5 Å². The van der Waals surface area contributed by atoms with Crippen LogP contribution in [0.25, 0.3) is 0 Å². The number of nitro benzene ring substituents is 1. The molecule has 3 aromatic carbocycles. The van der Waals surface area contributed by atoms with Gasteiger partial charge in [-0.15, -0.1) is 0 Å². The minimum atomic E-state index is -3.76. The molecule has 3 unspecified atom stereocenters. The summed E-state index contributed by atoms with van der Waals surface area (Å²) in [7, 11) is -3.76. The molecular weight excluding hydrogens is 450 g/mol. The van der Waals surface area contributed by atoms with Crippen molar-refractivity contribution in [3.63, 3.8) is 0 Å². The van der Waals surface area contributed by atoms with E-state index in [-0.39, 0.29) is 33.4 Å². The summed E-state index contributed by atoms with van der Waals surface area (Å²) < 4.78 is 28.5. The van der Waals surface area contributed by atoms with Crippen molar-refractivity contribution in [2.24, 2.45) is 5.92 Å². The highest BCUT2D eigenvalue weighted by molar-refractivity contribution is 7.92. The second kappa shape index (κ2) is 8.61. The molecule has 8 heteroatoms. The number of nitrogens with one attached hydrogen (secondary N) is 1. The Morgan fingerprint density at radius 2 is 1.76 bits per heavy atom. The molecule has 0 amide bonds. The summed E-state index contributed by atoms with van der Waals surface area (Å²) in [5.41, 5.74) is 3.07. The van der Waals surface area contributed by atoms with Crippen LogP contribution in [0, 0.1) is 16.0 Å². The number of hydrogen-bond acceptors (Lipinski definition) is 5. The molecule has 1 heterocycles. The van der Waals surface area contributed by atoms with Crippen LogP contribution in [0.15, 0.2) is 89.8 Å². The van der Waals surface area contributed by atoms with Gasteiger partial charge >= 0.3 is 0 Å². The first kappa shape index (κ1) is 22.2. The van der Waals surface area contributed by atoms with E-state index in [0.717, 1.165) is 17.7 Å². The second-order valence-corrected chi connectivity index (χ2v) is 10.4. The summed E-state index contributed by atoms with van der Waals surface area (Å²) in [6, 6.07) is 20.8. The Labute approximate surface area is 198 Å². The maximum absolute atomic E-state index is 13.6. The summed E-state index contributed by atoms with van der Waals surface area (Å²) >= 11 is 0. The van der Waals surface area contributed by atoms with Crippen LogP contribution in [0.4, 0.5) is 17.1 Å². The first-order valence-corrected chi connectivity index (χ1v) is 12.7. The van der Waals surface area contributed by atoms with Gasteiger partial charge in [0.25, 0.3) is 15.7 Å². The highest BCUT2D eigenvalue weighted by atomic mass is 32.2. The molecule has 7 nitrogen and oxygen atoms in total. The molecule has 5 rings (SSSR count). The van der Waals surface area contributed by atoms with Crippen molar-refractivity contribution in [2.45, 2.75) is 30.2 Å². The largest absolute Gasteiger partial charge is 0.377 e. The van der Waals surface area contributed by atoms with Gasteiger partial charge in [-0.25, -0.2) is 8.42 Å². The number of para-hydroxylation sites is 2. The van der Waals surface area contributed by atoms with Crippen molar-refractivity contribution in [2.75, 3.05) is 16.2 Å². The molecule has 1 aliphatic carbocycles. The van der Waals surface area contributed by atoms with Crippen molar-refractivity contribution in [1.29, 1.82) is 0 Å². The predicted octanol–water partition coefficient (Wildman–Crippen LogP) is 5.64. The monoisotopic (exact) mass is 475 g/mol. The third kappa shape index (κ3) is 3.64. The minimum absolute atomic E-state index is 0.0250. The highest BCUT2D eigenvalue weighted by Gasteiger charge is 2.41. The summed E-state index contributed by atoms with van der Waals surface area (Å²) in [6.45, 7) is 2.13. The van der Waals surface area contributed by atoms with Crippen molar-refractivity contribution in [3.05, 3.63) is 106 Å². The Bertz CT molecular complexity index is 1370. The lowest BCUT2D eigenvalue weighted by atomic mass is 9.76. The Morgan fingerprint density at radius 3 is 2.50 bits per heavy atom. The highest BCUT2D eigenvalue weighted by Crippen LogP contribution is 2.51. The number of nitrogens with zero attached hydrogens (tertiary/aromatic N) is 2. The van der Waals surface area contributed by atoms with Crippen LogP contribution in [0.5, 0.6) is 0 Å². The molecule has 3 aromatic rings. The van der Waals surface area contributed by atoms with Crippen LogP contribution < -0.4 is 9.62 Å². The number of sulfonamides is 1. The van der Waals surface area contributed by atoms with Crippen LogP contribution in [0.3, 0.4) is 0 Å². The maximum Gasteiger partial charge on any atom is 0.274 e. The summed E-state index contributed by atoms with van der Waals surface area (Å²) in [4.78, 5) is 11.6. The Balaban J connectivity index is 1.55. The van der Waals surface area contributed by atoms with E-state index in [1.165, 1.54) is 10.4 Å². The molecule has 0 spiro atoms. The van der Waals surface area contributed by atoms with Crippen molar-refractivity contribution in [3.8, 4) is 0 Å². The summed E-state index contributed by atoms with van der Waals surface area (Å²) in [6.07, 6.45) is 4.94. The van der Waals surface area contributed by atoms with E-state index >= 15 is 0 Å². The lowest BCUT2D eigenvalue weighted by Crippen LogP contribution is -2.32. The van der Waals surface area contributed by atoms with Crippen molar-refractivity contribution >= 4 is 27.1 Å². The van der Waals surface area contributed by atoms with Gasteiger partial charge in [0.05, 0.1) is 27.1 Å². The lowest BCUT2D eigenvalue weighted by Gasteiger charge is -2.37. The molecule has 0 radical (unpaired) electrons. The standard InChI is InChI=1S/C26H25N3O4S/c1-2-28(18-9-4-3-5-10-18)34(32,33)19-15-16-24-23(17-19)20-12-8-13-21(20)26(27-24)22-11-6-7-14-25(22)29(30)31/h3-12,14-17,20-21,26-27H,2,13H2,1H3. The van der Waals surface area contributed by atoms with Gasteiger partial charge < -0.3 is 5.32 Å². The molecule has 0 fully saturated rings. The van der Waals surface area contributed by atoms with Gasteiger partial charge in [-0.2, -0.15) is 0 Å². The van der Waals surface area contributed by atoms with Gasteiger partial charge in [0.2, 0.25) is 0 Å². The Kier molecular flexibility index (Phi) is 5.61. The number of rotatable bonds is 6. The predicted molar refractivity (Wildman–Crippen MR) is 133 cm³/mol. The SMILES string of the molecule is CCN(c1ccccc1)S(=O)(=O)c1ccc2c(c1)C1C=CCC1C(c1ccccc1[N+](=O)[O-])N2. The first-order chi connectivity index (χ1) is 16.4. The zero-order valence-corrected chi connectivity index (χ0v) is 19.5. The van der Waals surface area contributed by atoms with E-state index < -0.39 is 10.0 Å². The lowest BCUT2D eigenvalue weighted by molar-refractivity contribution is -0.385. The van der Waals surface area contributed by atoms with Gasteiger partial charge in [0.1, 0.15) is 0 Å². The number of allylic oxidation sites excluding steroid dienone is 2. The van der Waals surface area contributed by atoms with Crippen molar-refractivity contribution < 1.29 is 13.3 Å². The summed E-state index contributed by atoms with van der Waals surface area (Å²) in [5, 5.41) is 15.1. The molecule has 0 aromatic heterocycles. The molecule has 0 bridgehead atoms. The Hall–Kier alpha value is -3.65. The fourth-order valence-corrected chi connectivity index (χ4v) is 6.68. The maximum atomic E-state index is 13.6. The number of nitro groups is 1. The minimum Gasteiger partial charge on any atom is -0.377 e. The zero-order chi connectivity index (χ0) is 23.9. The van der Waals surface area contributed by atoms with Gasteiger partial charge in [0.15, 0.2) is 0 Å². The van der Waals surface area contributed by atoms with Crippen LogP contribution in [0.1, 0.15) is 36.4 Å². The van der Waals surface area contributed by atoms with Crippen LogP contribution in [0.2, 0.25) is 0 Å². The first-order valence-electron chi connectivity index (χ1n) is 11.3. The molecule has 1 aliphatic heterocycles. The third-order valence-corrected chi connectivity index (χ3v) is 8.62. The van der Waals surface area contributed by atoms with E-state index in [1.807, 2.05) is 31.2 Å². The molecule has 1 N–H and O–H groups in total. The second-order valence-electron chi connectivity index (χ2n) is 8.55. The number of anilines is 2. The van der Waals surface area contributed by atoms with Crippen molar-refractivity contribution in [1.82, 2.24) is 0 Å². The summed E-state index contributed by atoms with van der Waals surface area (Å²) in [5.74, 6) is 0.0333. The smallest absolute Gasteiger partial charge is 0.274 e. The van der Waals surface area contributed by atoms with Gasteiger partial charge in [-0.05, 0) is 55.2 Å². The topological polar surface area (TPSA) is 92.5 Å². The van der Waals surface area contributed by atoms with E-state index in [1.54, 1.807) is 42.5 Å². The van der Waals surface area contributed by atoms with Crippen LogP contribution in [-0.4, -0.2) is 19.9 Å². The molecule has 174 valence electrons. The molecule has 34 heavy (non-hydrogen) atoms. The van der Waals surface area contributed by atoms with E-state index in [0.29, 0.717) is 17.8 Å². The fraction of sp³-hybridized carbons (Fsp3) is 0.231. The van der Waals surface area contributed by atoms with Crippen LogP contribution in [-0.2, 0) is 10.0 Å². The molecule has 3 atom stereocenters. The van der Waals surface area contributed by atoms with Gasteiger partial charge in [-0.3, -0.25) is 14.4 Å². The third-order valence-electron chi connectivity index (χ3n) is 6.72.